The van der Waals surface area contributed by atoms with Gasteiger partial charge < -0.3 is 9.47 Å². The Morgan fingerprint density at radius 2 is 1.32 bits per heavy atom. The van der Waals surface area contributed by atoms with Crippen molar-refractivity contribution < 1.29 is 9.47 Å². The fourth-order valence-electron chi connectivity index (χ4n) is 4.41. The molecule has 1 rings (SSSR count). The van der Waals surface area contributed by atoms with Crippen molar-refractivity contribution in [2.24, 2.45) is 23.7 Å². The maximum absolute atomic E-state index is 6.13. The molecule has 0 aliphatic heterocycles. The van der Waals surface area contributed by atoms with E-state index in [0.717, 1.165) is 43.1 Å². The van der Waals surface area contributed by atoms with Crippen LogP contribution >= 0.6 is 11.6 Å². The molecule has 1 aromatic carbocycles. The van der Waals surface area contributed by atoms with Gasteiger partial charge in [0.15, 0.2) is 0 Å². The van der Waals surface area contributed by atoms with Crippen LogP contribution in [0.4, 0.5) is 0 Å². The third-order valence-electron chi connectivity index (χ3n) is 5.41. The van der Waals surface area contributed by atoms with E-state index >= 15 is 0 Å². The molecule has 5 unspecified atom stereocenters. The Labute approximate surface area is 179 Å². The SMILES string of the molecule is CC(Cl)CC(C)CC(C)CC(C)CC(C)CCCOCOCc1ccccc1. The summed E-state index contributed by atoms with van der Waals surface area (Å²) >= 11 is 6.13. The normalized spacial score (nSPS) is 17.1. The molecule has 0 saturated heterocycles. The molecule has 0 bridgehead atoms. The Kier molecular flexibility index (Phi) is 13.9. The van der Waals surface area contributed by atoms with E-state index in [9.17, 15) is 0 Å². The minimum atomic E-state index is 0.297. The van der Waals surface area contributed by atoms with Crippen LogP contribution in [0.2, 0.25) is 0 Å². The number of benzene rings is 1. The summed E-state index contributed by atoms with van der Waals surface area (Å²) in [5.74, 6) is 3.07. The molecule has 0 fully saturated rings. The van der Waals surface area contributed by atoms with Crippen LogP contribution in [0.3, 0.4) is 0 Å². The van der Waals surface area contributed by atoms with Gasteiger partial charge in [-0.3, -0.25) is 0 Å². The number of hydrogen-bond donors (Lipinski definition) is 0. The highest BCUT2D eigenvalue weighted by Gasteiger charge is 2.16. The van der Waals surface area contributed by atoms with Crippen LogP contribution in [0.5, 0.6) is 0 Å². The minimum absolute atomic E-state index is 0.297. The summed E-state index contributed by atoms with van der Waals surface area (Å²) in [5.41, 5.74) is 1.19. The van der Waals surface area contributed by atoms with Gasteiger partial charge in [0.05, 0.1) is 6.61 Å². The summed E-state index contributed by atoms with van der Waals surface area (Å²) in [6, 6.07) is 10.2. The van der Waals surface area contributed by atoms with Crippen LogP contribution in [0.15, 0.2) is 30.3 Å². The highest BCUT2D eigenvalue weighted by atomic mass is 35.5. The first-order valence-corrected chi connectivity index (χ1v) is 11.6. The van der Waals surface area contributed by atoms with Gasteiger partial charge in [-0.15, -0.1) is 11.6 Å². The lowest BCUT2D eigenvalue weighted by molar-refractivity contribution is -0.0628. The van der Waals surface area contributed by atoms with E-state index < -0.39 is 0 Å². The largest absolute Gasteiger partial charge is 0.355 e. The second-order valence-electron chi connectivity index (χ2n) is 9.15. The Bertz CT molecular complexity index is 477. The van der Waals surface area contributed by atoms with Gasteiger partial charge in [0.1, 0.15) is 6.79 Å². The van der Waals surface area contributed by atoms with Crippen molar-refractivity contribution in [3.8, 4) is 0 Å². The molecule has 0 aliphatic carbocycles. The fraction of sp³-hybridized carbons (Fsp3) is 0.760. The number of ether oxygens (including phenoxy) is 2. The van der Waals surface area contributed by atoms with Crippen molar-refractivity contribution in [2.45, 2.75) is 85.1 Å². The smallest absolute Gasteiger partial charge is 0.147 e. The molecule has 0 saturated carbocycles. The molecule has 2 nitrogen and oxygen atoms in total. The lowest BCUT2D eigenvalue weighted by atomic mass is 9.84. The van der Waals surface area contributed by atoms with Crippen LogP contribution in [-0.2, 0) is 16.1 Å². The summed E-state index contributed by atoms with van der Waals surface area (Å²) in [6.45, 7) is 13.4. The second-order valence-corrected chi connectivity index (χ2v) is 9.89. The van der Waals surface area contributed by atoms with E-state index in [4.69, 9.17) is 21.1 Å². The Morgan fingerprint density at radius 1 is 0.750 bits per heavy atom. The Balaban J connectivity index is 2.02. The first-order valence-electron chi connectivity index (χ1n) is 11.2. The molecule has 0 N–H and O–H groups in total. The Morgan fingerprint density at radius 3 is 1.93 bits per heavy atom. The van der Waals surface area contributed by atoms with E-state index in [0.29, 0.717) is 18.8 Å². The predicted molar refractivity (Wildman–Crippen MR) is 122 cm³/mol. The maximum atomic E-state index is 6.13. The molecule has 28 heavy (non-hydrogen) atoms. The topological polar surface area (TPSA) is 18.5 Å². The molecule has 0 heterocycles. The first kappa shape index (κ1) is 25.5. The van der Waals surface area contributed by atoms with Gasteiger partial charge in [-0.1, -0.05) is 58.0 Å². The van der Waals surface area contributed by atoms with E-state index in [2.05, 4.69) is 46.8 Å². The van der Waals surface area contributed by atoms with Gasteiger partial charge in [-0.2, -0.15) is 0 Å². The van der Waals surface area contributed by atoms with Crippen molar-refractivity contribution in [1.29, 1.82) is 0 Å². The van der Waals surface area contributed by atoms with E-state index in [1.165, 1.54) is 31.2 Å². The van der Waals surface area contributed by atoms with Crippen LogP contribution in [0.25, 0.3) is 0 Å². The summed E-state index contributed by atoms with van der Waals surface area (Å²) in [6.07, 6.45) is 7.42. The molecule has 5 atom stereocenters. The predicted octanol–water partition coefficient (Wildman–Crippen LogP) is 7.69. The van der Waals surface area contributed by atoms with Crippen LogP contribution in [0, 0.1) is 23.7 Å². The molecule has 3 heteroatoms. The molecule has 0 radical (unpaired) electrons. The van der Waals surface area contributed by atoms with Crippen LogP contribution in [0.1, 0.15) is 78.7 Å². The van der Waals surface area contributed by atoms with Crippen molar-refractivity contribution in [3.05, 3.63) is 35.9 Å². The van der Waals surface area contributed by atoms with Crippen molar-refractivity contribution in [3.63, 3.8) is 0 Å². The molecular weight excluding hydrogens is 368 g/mol. The third kappa shape index (κ3) is 13.6. The zero-order valence-electron chi connectivity index (χ0n) is 18.8. The monoisotopic (exact) mass is 410 g/mol. The van der Waals surface area contributed by atoms with Crippen molar-refractivity contribution in [2.75, 3.05) is 13.4 Å². The molecule has 0 amide bonds. The maximum Gasteiger partial charge on any atom is 0.147 e. The molecule has 0 aromatic heterocycles. The number of halogens is 1. The summed E-state index contributed by atoms with van der Waals surface area (Å²) in [4.78, 5) is 0. The molecule has 1 aromatic rings. The van der Waals surface area contributed by atoms with Gasteiger partial charge in [-0.05, 0) is 74.7 Å². The highest BCUT2D eigenvalue weighted by molar-refractivity contribution is 6.20. The average molecular weight is 411 g/mol. The van der Waals surface area contributed by atoms with Gasteiger partial charge in [0, 0.05) is 12.0 Å². The van der Waals surface area contributed by atoms with Crippen LogP contribution in [-0.4, -0.2) is 18.8 Å². The van der Waals surface area contributed by atoms with E-state index in [1.54, 1.807) is 0 Å². The minimum Gasteiger partial charge on any atom is -0.355 e. The van der Waals surface area contributed by atoms with Gasteiger partial charge in [0.2, 0.25) is 0 Å². The summed E-state index contributed by atoms with van der Waals surface area (Å²) in [7, 11) is 0. The lowest BCUT2D eigenvalue weighted by Crippen LogP contribution is -2.12. The third-order valence-corrected chi connectivity index (χ3v) is 5.58. The zero-order chi connectivity index (χ0) is 20.8. The zero-order valence-corrected chi connectivity index (χ0v) is 19.6. The van der Waals surface area contributed by atoms with Gasteiger partial charge in [0.25, 0.3) is 0 Å². The van der Waals surface area contributed by atoms with Gasteiger partial charge in [-0.25, -0.2) is 0 Å². The van der Waals surface area contributed by atoms with Gasteiger partial charge >= 0.3 is 0 Å². The number of alkyl halides is 1. The second kappa shape index (κ2) is 15.3. The van der Waals surface area contributed by atoms with E-state index in [-0.39, 0.29) is 0 Å². The van der Waals surface area contributed by atoms with E-state index in [1.807, 2.05) is 18.2 Å². The van der Waals surface area contributed by atoms with Crippen molar-refractivity contribution in [1.82, 2.24) is 0 Å². The molecule has 162 valence electrons. The Hall–Kier alpha value is -0.570. The first-order chi connectivity index (χ1) is 13.4. The highest BCUT2D eigenvalue weighted by Crippen LogP contribution is 2.27. The molecular formula is C25H43ClO2. The average Bonchev–Trinajstić information content (AvgIpc) is 2.60. The standard InChI is InChI=1S/C25H43ClO2/c1-20(14-21(2)15-22(3)16-23(4)17-24(5)26)10-9-13-27-19-28-18-25-11-7-6-8-12-25/h6-8,11-12,20-24H,9-10,13-19H2,1-5H3. The quantitative estimate of drug-likeness (QED) is 0.158. The molecule has 0 aliphatic rings. The number of rotatable bonds is 16. The fourth-order valence-corrected chi connectivity index (χ4v) is 4.71. The lowest BCUT2D eigenvalue weighted by Gasteiger charge is -2.23. The summed E-state index contributed by atoms with van der Waals surface area (Å²) in [5, 5.41) is 0.297. The number of hydrogen-bond acceptors (Lipinski definition) is 2. The molecule has 0 spiro atoms. The van der Waals surface area contributed by atoms with Crippen LogP contribution < -0.4 is 0 Å². The van der Waals surface area contributed by atoms with Crippen molar-refractivity contribution >= 4 is 11.6 Å². The summed E-state index contributed by atoms with van der Waals surface area (Å²) < 4.78 is 11.2.